The molecule has 1 amide bonds. The lowest BCUT2D eigenvalue weighted by Crippen LogP contribution is -2.31. The maximum Gasteiger partial charge on any atom is 0.490 e. The summed E-state index contributed by atoms with van der Waals surface area (Å²) < 4.78 is 0. The number of anilines is 1. The van der Waals surface area contributed by atoms with Crippen molar-refractivity contribution in [3.63, 3.8) is 0 Å². The molecule has 1 aromatic carbocycles. The molecule has 0 saturated carbocycles. The molecule has 1 aromatic rings. The van der Waals surface area contributed by atoms with Crippen molar-refractivity contribution in [2.45, 2.75) is 6.92 Å². The number of benzene rings is 1. The summed E-state index contributed by atoms with van der Waals surface area (Å²) in [5, 5.41) is 32.5. The van der Waals surface area contributed by atoms with E-state index in [1.807, 2.05) is 0 Å². The van der Waals surface area contributed by atoms with Crippen molar-refractivity contribution in [3.8, 4) is 6.19 Å². The number of aliphatic imine (C=N–C) groups is 1. The Morgan fingerprint density at radius 1 is 1.50 bits per heavy atom. The fourth-order valence-corrected chi connectivity index (χ4v) is 1.76. The van der Waals surface area contributed by atoms with Gasteiger partial charge in [-0.15, -0.1) is 0 Å². The Hall–Kier alpha value is -2.02. The van der Waals surface area contributed by atoms with Crippen LogP contribution in [0.2, 0.25) is 0 Å². The highest BCUT2D eigenvalue weighted by Gasteiger charge is 2.17. The van der Waals surface area contributed by atoms with Gasteiger partial charge in [-0.05, 0) is 24.5 Å². The normalized spacial score (nSPS) is 10.7. The Balaban J connectivity index is 3.20. The smallest absolute Gasteiger partial charge is 0.423 e. The van der Waals surface area contributed by atoms with Crippen LogP contribution in [0.15, 0.2) is 23.2 Å². The highest BCUT2D eigenvalue weighted by atomic mass is 32.2. The van der Waals surface area contributed by atoms with Crippen molar-refractivity contribution in [1.82, 2.24) is 5.32 Å². The zero-order valence-corrected chi connectivity index (χ0v) is 11.7. The predicted molar refractivity (Wildman–Crippen MR) is 79.9 cm³/mol. The minimum absolute atomic E-state index is 0.127. The fraction of sp³-hybridized carbons (Fsp3) is 0.182. The number of carbonyl (C=O) groups is 1. The molecule has 0 saturated heterocycles. The zero-order chi connectivity index (χ0) is 15.1. The Morgan fingerprint density at radius 3 is 2.70 bits per heavy atom. The molecule has 104 valence electrons. The van der Waals surface area contributed by atoms with Gasteiger partial charge in [0.25, 0.3) is 0 Å². The number of nitriles is 1. The first-order valence-corrected chi connectivity index (χ1v) is 6.76. The Labute approximate surface area is 120 Å². The third kappa shape index (κ3) is 4.58. The molecule has 0 aromatic heterocycles. The molecule has 0 spiro atoms. The molecule has 0 aliphatic rings. The van der Waals surface area contributed by atoms with Gasteiger partial charge in [-0.25, -0.2) is 4.99 Å². The molecule has 0 heterocycles. The lowest BCUT2D eigenvalue weighted by molar-refractivity contribution is -0.114. The van der Waals surface area contributed by atoms with Gasteiger partial charge in [0.05, 0.1) is 5.69 Å². The highest BCUT2D eigenvalue weighted by molar-refractivity contribution is 8.13. The molecule has 4 N–H and O–H groups in total. The van der Waals surface area contributed by atoms with Crippen molar-refractivity contribution in [2.24, 2.45) is 4.99 Å². The second-order valence-corrected chi connectivity index (χ2v) is 4.48. The summed E-state index contributed by atoms with van der Waals surface area (Å²) in [6.45, 7) is 1.35. The summed E-state index contributed by atoms with van der Waals surface area (Å²) in [6.07, 6.45) is 3.47. The minimum Gasteiger partial charge on any atom is -0.423 e. The Morgan fingerprint density at radius 2 is 2.20 bits per heavy atom. The van der Waals surface area contributed by atoms with Gasteiger partial charge in [-0.1, -0.05) is 11.8 Å². The summed E-state index contributed by atoms with van der Waals surface area (Å²) in [4.78, 5) is 15.1. The van der Waals surface area contributed by atoms with E-state index in [2.05, 4.69) is 15.6 Å². The molecule has 0 bridgehead atoms. The molecule has 7 nitrogen and oxygen atoms in total. The SMILES string of the molecule is CSC(=Nc1ccc(NC(C)=O)cc1B(O)O)NC#N. The first-order valence-electron chi connectivity index (χ1n) is 5.53. The standard InChI is InChI=1S/C11H13BN4O3S/c1-7(17)15-8-3-4-10(9(5-8)12(18)19)16-11(20-2)14-6-13/h3-5,18-19H,1-2H3,(H,14,16)(H,15,17). The quantitative estimate of drug-likeness (QED) is 0.200. The fourth-order valence-electron chi connectivity index (χ4n) is 1.43. The third-order valence-electron chi connectivity index (χ3n) is 2.20. The second kappa shape index (κ2) is 7.54. The molecular formula is C11H13BN4O3S. The summed E-state index contributed by atoms with van der Waals surface area (Å²) >= 11 is 1.21. The molecule has 9 heteroatoms. The van der Waals surface area contributed by atoms with Gasteiger partial charge in [0.2, 0.25) is 5.91 Å². The van der Waals surface area contributed by atoms with Crippen LogP contribution < -0.4 is 16.1 Å². The maximum atomic E-state index is 11.0. The van der Waals surface area contributed by atoms with E-state index in [0.717, 1.165) is 0 Å². The first kappa shape index (κ1) is 16.0. The predicted octanol–water partition coefficient (Wildman–Crippen LogP) is -0.254. The van der Waals surface area contributed by atoms with Crippen molar-refractivity contribution >= 4 is 46.8 Å². The molecular weight excluding hydrogens is 279 g/mol. The van der Waals surface area contributed by atoms with Crippen molar-refractivity contribution in [1.29, 1.82) is 5.26 Å². The van der Waals surface area contributed by atoms with Crippen molar-refractivity contribution < 1.29 is 14.8 Å². The van der Waals surface area contributed by atoms with E-state index in [4.69, 9.17) is 5.26 Å². The number of thioether (sulfide) groups is 1. The van der Waals surface area contributed by atoms with Gasteiger partial charge in [-0.3, -0.25) is 10.1 Å². The number of amides is 1. The van der Waals surface area contributed by atoms with E-state index in [0.29, 0.717) is 16.5 Å². The van der Waals surface area contributed by atoms with Crippen LogP contribution in [0, 0.1) is 11.5 Å². The van der Waals surface area contributed by atoms with E-state index in [1.165, 1.54) is 30.8 Å². The molecule has 1 rings (SSSR count). The molecule has 20 heavy (non-hydrogen) atoms. The van der Waals surface area contributed by atoms with Crippen LogP contribution in [0.4, 0.5) is 11.4 Å². The maximum absolute atomic E-state index is 11.0. The molecule has 0 radical (unpaired) electrons. The number of nitrogens with zero attached hydrogens (tertiary/aromatic N) is 2. The lowest BCUT2D eigenvalue weighted by Gasteiger charge is -2.09. The average Bonchev–Trinajstić information content (AvgIpc) is 2.38. The van der Waals surface area contributed by atoms with E-state index in [1.54, 1.807) is 18.5 Å². The number of rotatable bonds is 3. The van der Waals surface area contributed by atoms with Crippen LogP contribution in [0.3, 0.4) is 0 Å². The number of carbonyl (C=O) groups excluding carboxylic acids is 1. The lowest BCUT2D eigenvalue weighted by atomic mass is 9.79. The monoisotopic (exact) mass is 292 g/mol. The molecule has 0 fully saturated rings. The number of hydrogen-bond acceptors (Lipinski definition) is 6. The number of nitrogens with one attached hydrogen (secondary N) is 2. The van der Waals surface area contributed by atoms with Crippen LogP contribution in [0.25, 0.3) is 0 Å². The summed E-state index contributed by atoms with van der Waals surface area (Å²) in [6, 6.07) is 4.51. The molecule has 0 atom stereocenters. The van der Waals surface area contributed by atoms with E-state index < -0.39 is 7.12 Å². The Bertz CT molecular complexity index is 571. The summed E-state index contributed by atoms with van der Waals surface area (Å²) in [7, 11) is -1.74. The van der Waals surface area contributed by atoms with E-state index in [-0.39, 0.29) is 11.4 Å². The molecule has 0 aliphatic carbocycles. The highest BCUT2D eigenvalue weighted by Crippen LogP contribution is 2.16. The van der Waals surface area contributed by atoms with Crippen LogP contribution in [0.5, 0.6) is 0 Å². The van der Waals surface area contributed by atoms with Gasteiger partial charge >= 0.3 is 7.12 Å². The van der Waals surface area contributed by atoms with Crippen LogP contribution in [-0.2, 0) is 4.79 Å². The van der Waals surface area contributed by atoms with E-state index >= 15 is 0 Å². The third-order valence-corrected chi connectivity index (χ3v) is 2.78. The molecule has 0 aliphatic heterocycles. The largest absolute Gasteiger partial charge is 0.490 e. The zero-order valence-electron chi connectivity index (χ0n) is 10.9. The van der Waals surface area contributed by atoms with Gasteiger partial charge in [0, 0.05) is 18.1 Å². The van der Waals surface area contributed by atoms with Gasteiger partial charge in [0.1, 0.15) is 0 Å². The minimum atomic E-state index is -1.74. The first-order chi connectivity index (χ1) is 9.47. The number of amidine groups is 1. The number of hydrogen-bond donors (Lipinski definition) is 4. The Kier molecular flexibility index (Phi) is 6.05. The second-order valence-electron chi connectivity index (χ2n) is 3.69. The van der Waals surface area contributed by atoms with Crippen LogP contribution in [0.1, 0.15) is 6.92 Å². The van der Waals surface area contributed by atoms with Gasteiger partial charge in [0.15, 0.2) is 11.4 Å². The topological polar surface area (TPSA) is 118 Å². The summed E-state index contributed by atoms with van der Waals surface area (Å²) in [5.41, 5.74) is 0.849. The molecule has 0 unspecified atom stereocenters. The summed E-state index contributed by atoms with van der Waals surface area (Å²) in [5.74, 6) is -0.268. The van der Waals surface area contributed by atoms with E-state index in [9.17, 15) is 14.8 Å². The van der Waals surface area contributed by atoms with Gasteiger partial charge in [-0.2, -0.15) is 5.26 Å². The van der Waals surface area contributed by atoms with Crippen molar-refractivity contribution in [2.75, 3.05) is 11.6 Å². The van der Waals surface area contributed by atoms with Crippen LogP contribution in [-0.4, -0.2) is 34.5 Å². The van der Waals surface area contributed by atoms with Crippen molar-refractivity contribution in [3.05, 3.63) is 18.2 Å². The average molecular weight is 292 g/mol. The van der Waals surface area contributed by atoms with Gasteiger partial charge < -0.3 is 15.4 Å². The van der Waals surface area contributed by atoms with Crippen LogP contribution >= 0.6 is 11.8 Å².